The van der Waals surface area contributed by atoms with Crippen LogP contribution in [0.5, 0.6) is 5.75 Å². The fourth-order valence-corrected chi connectivity index (χ4v) is 1.70. The molecule has 1 heterocycles. The average molecular weight is 188 g/mol. The van der Waals surface area contributed by atoms with Crippen molar-refractivity contribution in [3.63, 3.8) is 0 Å². The second-order valence-electron chi connectivity index (χ2n) is 4.15. The van der Waals surface area contributed by atoms with Crippen molar-refractivity contribution in [1.29, 1.82) is 0 Å². The third-order valence-corrected chi connectivity index (χ3v) is 2.23. The van der Waals surface area contributed by atoms with Gasteiger partial charge in [-0.05, 0) is 38.0 Å². The predicted molar refractivity (Wildman–Crippen MR) is 59.5 cm³/mol. The van der Waals surface area contributed by atoms with Gasteiger partial charge in [0.1, 0.15) is 11.4 Å². The van der Waals surface area contributed by atoms with Crippen LogP contribution < -0.4 is 4.74 Å². The Hall–Kier alpha value is -1.42. The smallest absolute Gasteiger partial charge is 0.123 e. The second-order valence-corrected chi connectivity index (χ2v) is 4.15. The Morgan fingerprint density at radius 3 is 2.57 bits per heavy atom. The van der Waals surface area contributed by atoms with Crippen molar-refractivity contribution >= 4 is 0 Å². The summed E-state index contributed by atoms with van der Waals surface area (Å²) in [5.74, 6) is 1.07. The van der Waals surface area contributed by atoms with Crippen LogP contribution in [0.3, 0.4) is 0 Å². The molecule has 2 rings (SSSR count). The maximum atomic E-state index is 5.78. The zero-order chi connectivity index (χ0) is 10.8. The lowest BCUT2D eigenvalue weighted by Gasteiger charge is -2.16. The van der Waals surface area contributed by atoms with Crippen LogP contribution in [-0.2, 0) is 6.42 Å². The molecule has 0 amide bonds. The summed E-state index contributed by atoms with van der Waals surface area (Å²) in [7, 11) is 0. The summed E-state index contributed by atoms with van der Waals surface area (Å²) in [6.07, 6.45) is 9.03. The molecular formula is C13H16O. The number of fused-ring (bicyclic) bond motifs is 1. The van der Waals surface area contributed by atoms with Gasteiger partial charge in [-0.15, -0.1) is 12.8 Å². The third kappa shape index (κ3) is 2.09. The van der Waals surface area contributed by atoms with Crippen molar-refractivity contribution in [3.05, 3.63) is 29.3 Å². The standard InChI is InChI=1S/C11H14O.C2H2/c1-8-4-5-9-7-11(2,3)12-10(9)6-8;1-2/h4-6H,7H2,1-3H3;1-2H. The Balaban J connectivity index is 0.000000461. The third-order valence-electron chi connectivity index (χ3n) is 2.23. The van der Waals surface area contributed by atoms with Crippen LogP contribution in [0.15, 0.2) is 18.2 Å². The van der Waals surface area contributed by atoms with E-state index in [1.807, 2.05) is 0 Å². The van der Waals surface area contributed by atoms with E-state index in [0.717, 1.165) is 12.2 Å². The van der Waals surface area contributed by atoms with Crippen molar-refractivity contribution in [2.45, 2.75) is 32.8 Å². The van der Waals surface area contributed by atoms with Gasteiger partial charge in [-0.25, -0.2) is 0 Å². The first kappa shape index (κ1) is 10.7. The maximum Gasteiger partial charge on any atom is 0.123 e. The molecule has 1 aliphatic heterocycles. The topological polar surface area (TPSA) is 9.23 Å². The normalized spacial score (nSPS) is 16.1. The van der Waals surface area contributed by atoms with E-state index in [4.69, 9.17) is 4.74 Å². The Kier molecular flexibility index (Phi) is 2.86. The number of hydrogen-bond acceptors (Lipinski definition) is 1. The maximum absolute atomic E-state index is 5.78. The van der Waals surface area contributed by atoms with Crippen molar-refractivity contribution < 1.29 is 4.74 Å². The van der Waals surface area contributed by atoms with E-state index in [1.54, 1.807) is 0 Å². The van der Waals surface area contributed by atoms with E-state index < -0.39 is 0 Å². The summed E-state index contributed by atoms with van der Waals surface area (Å²) in [6.45, 7) is 6.35. The van der Waals surface area contributed by atoms with Crippen molar-refractivity contribution in [2.24, 2.45) is 0 Å². The molecule has 0 atom stereocenters. The van der Waals surface area contributed by atoms with Gasteiger partial charge < -0.3 is 4.74 Å². The molecule has 0 saturated heterocycles. The molecule has 0 spiro atoms. The molecule has 14 heavy (non-hydrogen) atoms. The highest BCUT2D eigenvalue weighted by Crippen LogP contribution is 2.34. The van der Waals surface area contributed by atoms with Gasteiger partial charge in [-0.1, -0.05) is 12.1 Å². The first-order valence-corrected chi connectivity index (χ1v) is 4.69. The summed E-state index contributed by atoms with van der Waals surface area (Å²) in [5.41, 5.74) is 2.60. The number of rotatable bonds is 0. The van der Waals surface area contributed by atoms with Gasteiger partial charge in [-0.3, -0.25) is 0 Å². The van der Waals surface area contributed by atoms with Gasteiger partial charge in [0, 0.05) is 6.42 Å². The SMILES string of the molecule is C#C.Cc1ccc2c(c1)OC(C)(C)C2. The lowest BCUT2D eigenvalue weighted by molar-refractivity contribution is 0.138. The largest absolute Gasteiger partial charge is 0.487 e. The van der Waals surface area contributed by atoms with E-state index in [1.165, 1.54) is 11.1 Å². The Labute approximate surface area is 86.1 Å². The van der Waals surface area contributed by atoms with Crippen molar-refractivity contribution in [3.8, 4) is 18.6 Å². The minimum Gasteiger partial charge on any atom is -0.487 e. The van der Waals surface area contributed by atoms with Crippen LogP contribution in [0.2, 0.25) is 0 Å². The summed E-state index contributed by atoms with van der Waals surface area (Å²) < 4.78 is 5.78. The lowest BCUT2D eigenvalue weighted by Crippen LogP contribution is -2.24. The molecule has 0 fully saturated rings. The molecule has 0 radical (unpaired) electrons. The molecule has 74 valence electrons. The van der Waals surface area contributed by atoms with Gasteiger partial charge in [0.15, 0.2) is 0 Å². The number of aryl methyl sites for hydroxylation is 1. The van der Waals surface area contributed by atoms with E-state index >= 15 is 0 Å². The fraction of sp³-hybridized carbons (Fsp3) is 0.385. The first-order valence-electron chi connectivity index (χ1n) is 4.69. The number of hydrogen-bond donors (Lipinski definition) is 0. The molecular weight excluding hydrogens is 172 g/mol. The van der Waals surface area contributed by atoms with Crippen LogP contribution in [0, 0.1) is 19.8 Å². The van der Waals surface area contributed by atoms with Gasteiger partial charge in [0.2, 0.25) is 0 Å². The minimum absolute atomic E-state index is 0.00384. The Bertz CT molecular complexity index is 347. The van der Waals surface area contributed by atoms with Crippen molar-refractivity contribution in [1.82, 2.24) is 0 Å². The monoisotopic (exact) mass is 188 g/mol. The molecule has 0 bridgehead atoms. The zero-order valence-electron chi connectivity index (χ0n) is 9.00. The van der Waals surface area contributed by atoms with E-state index in [-0.39, 0.29) is 5.60 Å². The van der Waals surface area contributed by atoms with Crippen LogP contribution >= 0.6 is 0 Å². The summed E-state index contributed by atoms with van der Waals surface area (Å²) in [4.78, 5) is 0. The number of ether oxygens (including phenoxy) is 1. The van der Waals surface area contributed by atoms with Crippen LogP contribution in [0.1, 0.15) is 25.0 Å². The summed E-state index contributed by atoms with van der Waals surface area (Å²) >= 11 is 0. The zero-order valence-corrected chi connectivity index (χ0v) is 9.00. The highest BCUT2D eigenvalue weighted by Gasteiger charge is 2.29. The second kappa shape index (κ2) is 3.75. The lowest BCUT2D eigenvalue weighted by atomic mass is 10.0. The van der Waals surface area contributed by atoms with Gasteiger partial charge in [-0.2, -0.15) is 0 Å². The van der Waals surface area contributed by atoms with E-state index in [0.29, 0.717) is 0 Å². The van der Waals surface area contributed by atoms with Crippen molar-refractivity contribution in [2.75, 3.05) is 0 Å². The molecule has 0 aliphatic carbocycles. The van der Waals surface area contributed by atoms with Gasteiger partial charge in [0.25, 0.3) is 0 Å². The van der Waals surface area contributed by atoms with Crippen LogP contribution in [0.4, 0.5) is 0 Å². The Morgan fingerprint density at radius 2 is 1.93 bits per heavy atom. The number of terminal acetylenes is 1. The Morgan fingerprint density at radius 1 is 1.29 bits per heavy atom. The minimum atomic E-state index is -0.00384. The molecule has 1 nitrogen and oxygen atoms in total. The van der Waals surface area contributed by atoms with E-state index in [9.17, 15) is 0 Å². The molecule has 1 aromatic carbocycles. The highest BCUT2D eigenvalue weighted by atomic mass is 16.5. The van der Waals surface area contributed by atoms with Gasteiger partial charge >= 0.3 is 0 Å². The molecule has 0 aromatic heterocycles. The predicted octanol–water partition coefficient (Wildman–Crippen LogP) is 2.96. The fourth-order valence-electron chi connectivity index (χ4n) is 1.70. The quantitative estimate of drug-likeness (QED) is 0.569. The van der Waals surface area contributed by atoms with Crippen LogP contribution in [-0.4, -0.2) is 5.60 Å². The first-order chi connectivity index (χ1) is 6.57. The number of benzene rings is 1. The molecule has 0 unspecified atom stereocenters. The van der Waals surface area contributed by atoms with Gasteiger partial charge in [0.05, 0.1) is 0 Å². The molecule has 1 aromatic rings. The molecule has 0 N–H and O–H groups in total. The van der Waals surface area contributed by atoms with E-state index in [2.05, 4.69) is 51.8 Å². The van der Waals surface area contributed by atoms with Crippen LogP contribution in [0.25, 0.3) is 0 Å². The summed E-state index contributed by atoms with van der Waals surface area (Å²) in [5, 5.41) is 0. The molecule has 1 heteroatoms. The highest BCUT2D eigenvalue weighted by molar-refractivity contribution is 5.41. The summed E-state index contributed by atoms with van der Waals surface area (Å²) in [6, 6.07) is 6.42. The average Bonchev–Trinajstić information content (AvgIpc) is 2.41. The molecule has 0 saturated carbocycles. The molecule has 1 aliphatic rings.